The van der Waals surface area contributed by atoms with E-state index in [9.17, 15) is 4.79 Å². The van der Waals surface area contributed by atoms with E-state index in [2.05, 4.69) is 16.5 Å². The van der Waals surface area contributed by atoms with Crippen LogP contribution in [-0.4, -0.2) is 52.7 Å². The van der Waals surface area contributed by atoms with Crippen molar-refractivity contribution in [3.63, 3.8) is 0 Å². The summed E-state index contributed by atoms with van der Waals surface area (Å²) in [5, 5.41) is 0.858. The van der Waals surface area contributed by atoms with Crippen molar-refractivity contribution in [1.29, 1.82) is 0 Å². The van der Waals surface area contributed by atoms with Crippen LogP contribution in [0.5, 0.6) is 0 Å². The summed E-state index contributed by atoms with van der Waals surface area (Å²) >= 11 is 0. The van der Waals surface area contributed by atoms with Crippen LogP contribution in [0.1, 0.15) is 32.2 Å². The molecule has 2 aromatic carbocycles. The van der Waals surface area contributed by atoms with Crippen LogP contribution in [0.2, 0.25) is 0 Å². The van der Waals surface area contributed by atoms with E-state index in [0.29, 0.717) is 48.9 Å². The first kappa shape index (κ1) is 22.7. The predicted octanol–water partition coefficient (Wildman–Crippen LogP) is 5.44. The highest BCUT2D eigenvalue weighted by molar-refractivity contribution is 5.93. The molecule has 7 heteroatoms. The number of amides is 1. The van der Waals surface area contributed by atoms with E-state index in [0.717, 1.165) is 16.5 Å². The topological polar surface area (TPSA) is 58.6 Å². The molecular weight excluding hydrogens is 419 g/mol. The van der Waals surface area contributed by atoms with E-state index in [-0.39, 0.29) is 11.9 Å². The third kappa shape index (κ3) is 4.97. The number of fused-ring (bicyclic) bond motifs is 1. The number of aryl methyl sites for hydroxylation is 1. The fourth-order valence-corrected chi connectivity index (χ4v) is 3.98. The zero-order chi connectivity index (χ0) is 23.8. The minimum Gasteiger partial charge on any atom is -0.444 e. The Balaban J connectivity index is 1.57. The molecule has 0 radical (unpaired) electrons. The number of aromatic nitrogens is 2. The van der Waals surface area contributed by atoms with Crippen molar-refractivity contribution in [2.24, 2.45) is 0 Å². The number of carbonyl (C=O) groups excluding carboxylic acids is 1. The average Bonchev–Trinajstić information content (AvgIpc) is 2.77. The van der Waals surface area contributed by atoms with Crippen molar-refractivity contribution in [2.75, 3.05) is 31.1 Å². The van der Waals surface area contributed by atoms with Crippen LogP contribution >= 0.6 is 0 Å². The number of carbonyl (C=O) groups is 1. The summed E-state index contributed by atoms with van der Waals surface area (Å²) < 4.78 is 20.7. The Morgan fingerprint density at radius 1 is 1.09 bits per heavy atom. The molecule has 1 fully saturated rings. The summed E-state index contributed by atoms with van der Waals surface area (Å²) in [7, 11) is 0. The zero-order valence-corrected chi connectivity index (χ0v) is 19.6. The smallest absolute Gasteiger partial charge is 0.410 e. The minimum absolute atomic E-state index is 0.317. The van der Waals surface area contributed by atoms with Gasteiger partial charge in [0.05, 0.1) is 16.9 Å². The maximum absolute atomic E-state index is 15.2. The van der Waals surface area contributed by atoms with E-state index in [1.165, 1.54) is 6.07 Å². The van der Waals surface area contributed by atoms with Crippen molar-refractivity contribution in [2.45, 2.75) is 33.3 Å². The van der Waals surface area contributed by atoms with Crippen LogP contribution in [0.3, 0.4) is 0 Å². The average molecular weight is 449 g/mol. The van der Waals surface area contributed by atoms with Crippen molar-refractivity contribution >= 4 is 28.8 Å². The second-order valence-electron chi connectivity index (χ2n) is 9.22. The normalized spacial score (nSPS) is 14.5. The number of nitrogens with zero attached hydrogens (tertiary/aromatic N) is 4. The molecule has 0 bridgehead atoms. The van der Waals surface area contributed by atoms with E-state index >= 15 is 4.39 Å². The van der Waals surface area contributed by atoms with Gasteiger partial charge in [-0.15, -0.1) is 0 Å². The lowest BCUT2D eigenvalue weighted by Gasteiger charge is -2.36. The Bertz CT molecular complexity index is 1210. The summed E-state index contributed by atoms with van der Waals surface area (Å²) in [4.78, 5) is 25.0. The molecule has 0 N–H and O–H groups in total. The first-order chi connectivity index (χ1) is 15.6. The number of benzene rings is 2. The molecular formula is C26H29FN4O2. The highest BCUT2D eigenvalue weighted by Gasteiger charge is 2.27. The van der Waals surface area contributed by atoms with Crippen LogP contribution in [0, 0.1) is 12.7 Å². The Morgan fingerprint density at radius 2 is 1.82 bits per heavy atom. The number of anilines is 1. The number of halogens is 1. The summed E-state index contributed by atoms with van der Waals surface area (Å²) in [5.41, 5.74) is 3.14. The first-order valence-corrected chi connectivity index (χ1v) is 11.1. The number of piperazine rings is 1. The van der Waals surface area contributed by atoms with Crippen LogP contribution in [-0.2, 0) is 4.74 Å². The fourth-order valence-electron chi connectivity index (χ4n) is 3.98. The molecule has 6 nitrogen and oxygen atoms in total. The van der Waals surface area contributed by atoms with Gasteiger partial charge in [-0.05, 0) is 57.5 Å². The van der Waals surface area contributed by atoms with Gasteiger partial charge < -0.3 is 14.5 Å². The molecule has 4 rings (SSSR count). The lowest BCUT2D eigenvalue weighted by molar-refractivity contribution is 0.0240. The van der Waals surface area contributed by atoms with Gasteiger partial charge in [-0.3, -0.25) is 0 Å². The lowest BCUT2D eigenvalue weighted by Crippen LogP contribution is -2.50. The number of hydrogen-bond acceptors (Lipinski definition) is 5. The molecule has 1 aliphatic heterocycles. The van der Waals surface area contributed by atoms with Gasteiger partial charge in [0.15, 0.2) is 0 Å². The highest BCUT2D eigenvalue weighted by atomic mass is 19.1. The molecule has 1 saturated heterocycles. The van der Waals surface area contributed by atoms with E-state index in [1.807, 2.05) is 56.9 Å². The Hall–Kier alpha value is -3.48. The molecule has 1 aromatic heterocycles. The largest absolute Gasteiger partial charge is 0.444 e. The molecule has 1 amide bonds. The third-order valence-corrected chi connectivity index (χ3v) is 5.56. The molecule has 1 aliphatic rings. The van der Waals surface area contributed by atoms with Gasteiger partial charge in [-0.25, -0.2) is 19.2 Å². The number of rotatable bonds is 3. The van der Waals surface area contributed by atoms with Crippen molar-refractivity contribution in [3.8, 4) is 11.3 Å². The molecule has 3 aromatic rings. The third-order valence-electron chi connectivity index (χ3n) is 5.56. The maximum Gasteiger partial charge on any atom is 0.410 e. The van der Waals surface area contributed by atoms with Gasteiger partial charge in [-0.2, -0.15) is 0 Å². The van der Waals surface area contributed by atoms with Gasteiger partial charge in [0, 0.05) is 37.1 Å². The monoisotopic (exact) mass is 448 g/mol. The van der Waals surface area contributed by atoms with Crippen LogP contribution < -0.4 is 4.90 Å². The Kier molecular flexibility index (Phi) is 6.06. The molecule has 0 aliphatic carbocycles. The molecule has 2 heterocycles. The van der Waals surface area contributed by atoms with Gasteiger partial charge in [0.25, 0.3) is 0 Å². The Morgan fingerprint density at radius 3 is 2.45 bits per heavy atom. The minimum atomic E-state index is -0.536. The van der Waals surface area contributed by atoms with Crippen LogP contribution in [0.25, 0.3) is 28.2 Å². The summed E-state index contributed by atoms with van der Waals surface area (Å²) in [6.07, 6.45) is 1.44. The SMILES string of the molecule is C=Cc1ccc2nc(C)nc(-c3ccc(N4CCN(C(=O)OC(C)(C)C)CC4)c(F)c3)c2c1. The molecule has 33 heavy (non-hydrogen) atoms. The van der Waals surface area contributed by atoms with Gasteiger partial charge >= 0.3 is 6.09 Å². The van der Waals surface area contributed by atoms with Crippen molar-refractivity contribution in [1.82, 2.24) is 14.9 Å². The summed E-state index contributed by atoms with van der Waals surface area (Å²) in [6.45, 7) is 13.2. The van der Waals surface area contributed by atoms with E-state index in [1.54, 1.807) is 17.0 Å². The van der Waals surface area contributed by atoms with Crippen molar-refractivity contribution in [3.05, 3.63) is 60.2 Å². The van der Waals surface area contributed by atoms with Crippen molar-refractivity contribution < 1.29 is 13.9 Å². The van der Waals surface area contributed by atoms with Gasteiger partial charge in [-0.1, -0.05) is 24.8 Å². The zero-order valence-electron chi connectivity index (χ0n) is 19.6. The Labute approximate surface area is 193 Å². The maximum atomic E-state index is 15.2. The summed E-state index contributed by atoms with van der Waals surface area (Å²) in [6, 6.07) is 11.1. The van der Waals surface area contributed by atoms with E-state index < -0.39 is 5.60 Å². The standard InChI is InChI=1S/C26H29FN4O2/c1-6-18-7-9-22-20(15-18)24(29-17(2)28-22)19-8-10-23(21(27)16-19)30-11-13-31(14-12-30)25(32)33-26(3,4)5/h6-10,15-16H,1,11-14H2,2-5H3. The van der Waals surface area contributed by atoms with Gasteiger partial charge in [0.2, 0.25) is 0 Å². The van der Waals surface area contributed by atoms with Gasteiger partial charge in [0.1, 0.15) is 17.2 Å². The van der Waals surface area contributed by atoms with Crippen LogP contribution in [0.15, 0.2) is 43.0 Å². The first-order valence-electron chi connectivity index (χ1n) is 11.1. The quantitative estimate of drug-likeness (QED) is 0.534. The molecule has 172 valence electrons. The summed E-state index contributed by atoms with van der Waals surface area (Å²) in [5.74, 6) is 0.314. The van der Waals surface area contributed by atoms with E-state index in [4.69, 9.17) is 4.74 Å². The number of ether oxygens (including phenoxy) is 1. The predicted molar refractivity (Wildman–Crippen MR) is 130 cm³/mol. The lowest BCUT2D eigenvalue weighted by atomic mass is 10.0. The molecule has 0 atom stereocenters. The second-order valence-corrected chi connectivity index (χ2v) is 9.22. The number of hydrogen-bond donors (Lipinski definition) is 0. The second kappa shape index (κ2) is 8.81. The molecule has 0 spiro atoms. The van der Waals surface area contributed by atoms with Crippen LogP contribution in [0.4, 0.5) is 14.9 Å². The molecule has 0 unspecified atom stereocenters. The highest BCUT2D eigenvalue weighted by Crippen LogP contribution is 2.31. The fraction of sp³-hybridized carbons (Fsp3) is 0.346. The molecule has 0 saturated carbocycles.